The van der Waals surface area contributed by atoms with Crippen LogP contribution in [0.15, 0.2) is 23.5 Å². The maximum absolute atomic E-state index is 11.3. The van der Waals surface area contributed by atoms with Crippen LogP contribution in [0.2, 0.25) is 0 Å². The van der Waals surface area contributed by atoms with Gasteiger partial charge in [0.05, 0.1) is 19.1 Å². The molecule has 0 bridgehead atoms. The second-order valence-electron chi connectivity index (χ2n) is 2.99. The predicted molar refractivity (Wildman–Crippen MR) is 66.1 cm³/mol. The van der Waals surface area contributed by atoms with Crippen molar-refractivity contribution in [3.63, 3.8) is 0 Å². The van der Waals surface area contributed by atoms with Crippen LogP contribution in [-0.4, -0.2) is 31.5 Å². The van der Waals surface area contributed by atoms with Gasteiger partial charge in [-0.05, 0) is 22.6 Å². The molecule has 7 nitrogen and oxygen atoms in total. The molecule has 0 saturated carbocycles. The molecular weight excluding hydrogens is 323 g/mol. The highest BCUT2D eigenvalue weighted by molar-refractivity contribution is 14.1. The number of aromatic amines is 1. The lowest BCUT2D eigenvalue weighted by atomic mass is 10.5. The van der Waals surface area contributed by atoms with Gasteiger partial charge in [0.2, 0.25) is 0 Å². The molecule has 8 heteroatoms. The normalized spacial score (nSPS) is 10.3. The van der Waals surface area contributed by atoms with Crippen molar-refractivity contribution in [3.05, 3.63) is 32.6 Å². The molecule has 0 aliphatic rings. The van der Waals surface area contributed by atoms with E-state index < -0.39 is 0 Å². The lowest BCUT2D eigenvalue weighted by molar-refractivity contribution is 0.608. The molecule has 0 aliphatic heterocycles. The van der Waals surface area contributed by atoms with Gasteiger partial charge in [0.1, 0.15) is 9.39 Å². The van der Waals surface area contributed by atoms with Gasteiger partial charge in [-0.1, -0.05) is 5.21 Å². The number of hydrogen-bond donors (Lipinski definition) is 2. The molecule has 0 unspecified atom stereocenters. The van der Waals surface area contributed by atoms with Crippen LogP contribution in [0.3, 0.4) is 0 Å². The lowest BCUT2D eigenvalue weighted by Crippen LogP contribution is -2.17. The summed E-state index contributed by atoms with van der Waals surface area (Å²) in [5.74, 6) is 0.587. The Bertz CT molecular complexity index is 507. The van der Waals surface area contributed by atoms with Crippen LogP contribution in [0, 0.1) is 3.57 Å². The van der Waals surface area contributed by atoms with Crippen LogP contribution in [0.25, 0.3) is 0 Å². The van der Waals surface area contributed by atoms with E-state index in [-0.39, 0.29) is 5.56 Å². The molecule has 0 spiro atoms. The molecule has 2 aromatic heterocycles. The first-order chi connectivity index (χ1) is 7.77. The molecule has 0 radical (unpaired) electrons. The van der Waals surface area contributed by atoms with Gasteiger partial charge in [-0.3, -0.25) is 9.48 Å². The number of anilines is 1. The summed E-state index contributed by atoms with van der Waals surface area (Å²) >= 11 is 1.95. The van der Waals surface area contributed by atoms with Gasteiger partial charge < -0.3 is 10.3 Å². The van der Waals surface area contributed by atoms with E-state index in [9.17, 15) is 4.79 Å². The van der Waals surface area contributed by atoms with E-state index in [2.05, 4.69) is 25.6 Å². The largest absolute Gasteiger partial charge is 0.367 e. The first-order valence-corrected chi connectivity index (χ1v) is 5.66. The van der Waals surface area contributed by atoms with Crippen molar-refractivity contribution in [3.8, 4) is 0 Å². The van der Waals surface area contributed by atoms with Crippen molar-refractivity contribution in [1.29, 1.82) is 0 Å². The number of nitrogens with zero attached hydrogens (tertiary/aromatic N) is 4. The summed E-state index contributed by atoms with van der Waals surface area (Å²) in [6, 6.07) is 0. The second-order valence-corrected chi connectivity index (χ2v) is 4.07. The molecule has 16 heavy (non-hydrogen) atoms. The third-order valence-electron chi connectivity index (χ3n) is 1.90. The third-order valence-corrected chi connectivity index (χ3v) is 2.90. The van der Waals surface area contributed by atoms with Crippen molar-refractivity contribution in [2.45, 2.75) is 6.54 Å². The molecule has 0 fully saturated rings. The standard InChI is InChI=1S/C8H9IN6O/c9-6-7(11-5-12-8(6)16)10-1-3-15-4-2-13-14-15/h2,4-5H,1,3H2,(H2,10,11,12,16). The molecule has 2 aromatic rings. The summed E-state index contributed by atoms with van der Waals surface area (Å²) in [6.07, 6.45) is 4.77. The maximum Gasteiger partial charge on any atom is 0.266 e. The molecule has 2 heterocycles. The Balaban J connectivity index is 1.95. The average Bonchev–Trinajstić information content (AvgIpc) is 2.77. The second kappa shape index (κ2) is 5.05. The Morgan fingerprint density at radius 3 is 3.19 bits per heavy atom. The summed E-state index contributed by atoms with van der Waals surface area (Å²) in [5.41, 5.74) is -0.140. The summed E-state index contributed by atoms with van der Waals surface area (Å²) in [4.78, 5) is 17.8. The first kappa shape index (κ1) is 11.0. The van der Waals surface area contributed by atoms with Gasteiger partial charge in [-0.2, -0.15) is 0 Å². The van der Waals surface area contributed by atoms with Gasteiger partial charge in [0.15, 0.2) is 0 Å². The SMILES string of the molecule is O=c1[nH]cnc(NCCn2ccnn2)c1I. The highest BCUT2D eigenvalue weighted by Crippen LogP contribution is 2.07. The van der Waals surface area contributed by atoms with Gasteiger partial charge in [0, 0.05) is 12.7 Å². The lowest BCUT2D eigenvalue weighted by Gasteiger charge is -2.05. The van der Waals surface area contributed by atoms with Crippen molar-refractivity contribution in [2.24, 2.45) is 0 Å². The zero-order valence-corrected chi connectivity index (χ0v) is 10.4. The fourth-order valence-electron chi connectivity index (χ4n) is 1.15. The Morgan fingerprint density at radius 2 is 2.44 bits per heavy atom. The number of halogens is 1. The smallest absolute Gasteiger partial charge is 0.266 e. The molecule has 0 saturated heterocycles. The van der Waals surface area contributed by atoms with Gasteiger partial charge in [-0.15, -0.1) is 5.10 Å². The van der Waals surface area contributed by atoms with Crippen LogP contribution >= 0.6 is 22.6 Å². The van der Waals surface area contributed by atoms with Gasteiger partial charge >= 0.3 is 0 Å². The minimum Gasteiger partial charge on any atom is -0.367 e. The molecule has 84 valence electrons. The van der Waals surface area contributed by atoms with Crippen LogP contribution < -0.4 is 10.9 Å². The van der Waals surface area contributed by atoms with Crippen LogP contribution in [0.4, 0.5) is 5.82 Å². The summed E-state index contributed by atoms with van der Waals surface area (Å²) in [5, 5.41) is 10.6. The van der Waals surface area contributed by atoms with E-state index >= 15 is 0 Å². The predicted octanol–water partition coefficient (Wildman–Crippen LogP) is 0.0781. The summed E-state index contributed by atoms with van der Waals surface area (Å²) in [7, 11) is 0. The first-order valence-electron chi connectivity index (χ1n) is 4.58. The summed E-state index contributed by atoms with van der Waals surface area (Å²) < 4.78 is 2.26. The van der Waals surface area contributed by atoms with E-state index in [1.54, 1.807) is 17.1 Å². The zero-order chi connectivity index (χ0) is 11.4. The Kier molecular flexibility index (Phi) is 3.49. The van der Waals surface area contributed by atoms with Crippen LogP contribution in [-0.2, 0) is 6.54 Å². The Morgan fingerprint density at radius 1 is 1.56 bits per heavy atom. The molecule has 0 aliphatic carbocycles. The van der Waals surface area contributed by atoms with Crippen LogP contribution in [0.5, 0.6) is 0 Å². The highest BCUT2D eigenvalue weighted by Gasteiger charge is 2.03. The van der Waals surface area contributed by atoms with E-state index in [4.69, 9.17) is 0 Å². The molecular formula is C8H9IN6O. The van der Waals surface area contributed by atoms with E-state index in [1.165, 1.54) is 6.33 Å². The topological polar surface area (TPSA) is 88.5 Å². The molecule has 0 amide bonds. The number of aromatic nitrogens is 5. The van der Waals surface area contributed by atoms with Gasteiger partial charge in [0.25, 0.3) is 5.56 Å². The van der Waals surface area contributed by atoms with Crippen molar-refractivity contribution in [2.75, 3.05) is 11.9 Å². The van der Waals surface area contributed by atoms with Crippen molar-refractivity contribution >= 4 is 28.4 Å². The van der Waals surface area contributed by atoms with E-state index in [0.29, 0.717) is 22.5 Å². The number of hydrogen-bond acceptors (Lipinski definition) is 5. The number of H-pyrrole nitrogens is 1. The molecule has 2 rings (SSSR count). The highest BCUT2D eigenvalue weighted by atomic mass is 127. The Hall–Kier alpha value is -1.45. The van der Waals surface area contributed by atoms with Gasteiger partial charge in [-0.25, -0.2) is 4.98 Å². The molecule has 0 atom stereocenters. The molecule has 2 N–H and O–H groups in total. The fraction of sp³-hybridized carbons (Fsp3) is 0.250. The third kappa shape index (κ3) is 2.56. The maximum atomic E-state index is 11.3. The Labute approximate surface area is 104 Å². The number of nitrogens with one attached hydrogen (secondary N) is 2. The minimum absolute atomic E-state index is 0.140. The zero-order valence-electron chi connectivity index (χ0n) is 8.22. The fourth-order valence-corrected chi connectivity index (χ4v) is 1.63. The average molecular weight is 332 g/mol. The monoisotopic (exact) mass is 332 g/mol. The van der Waals surface area contributed by atoms with E-state index in [0.717, 1.165) is 0 Å². The van der Waals surface area contributed by atoms with E-state index in [1.807, 2.05) is 22.6 Å². The van der Waals surface area contributed by atoms with Crippen molar-refractivity contribution < 1.29 is 0 Å². The molecule has 0 aromatic carbocycles. The number of rotatable bonds is 4. The quantitative estimate of drug-likeness (QED) is 0.774. The minimum atomic E-state index is -0.140. The van der Waals surface area contributed by atoms with Crippen LogP contribution in [0.1, 0.15) is 0 Å². The van der Waals surface area contributed by atoms with Crippen molar-refractivity contribution in [1.82, 2.24) is 25.0 Å². The summed E-state index contributed by atoms with van der Waals surface area (Å²) in [6.45, 7) is 1.31.